The van der Waals surface area contributed by atoms with Crippen LogP contribution in [0.3, 0.4) is 0 Å². The van der Waals surface area contributed by atoms with Crippen LogP contribution in [0.5, 0.6) is 5.75 Å². The molecule has 132 valence electrons. The van der Waals surface area contributed by atoms with Gasteiger partial charge in [0.25, 0.3) is 0 Å². The molecule has 1 aromatic carbocycles. The molecule has 1 heterocycles. The normalized spacial score (nSPS) is 17.3. The minimum absolute atomic E-state index is 0.0858. The van der Waals surface area contributed by atoms with E-state index < -0.39 is 0 Å². The summed E-state index contributed by atoms with van der Waals surface area (Å²) in [6.45, 7) is 2.06. The summed E-state index contributed by atoms with van der Waals surface area (Å²) in [6.07, 6.45) is -0.0769. The molecule has 0 spiro atoms. The van der Waals surface area contributed by atoms with Crippen LogP contribution in [0.2, 0.25) is 5.02 Å². The molecule has 7 nitrogen and oxygen atoms in total. The van der Waals surface area contributed by atoms with Crippen molar-refractivity contribution in [1.82, 2.24) is 15.5 Å². The Bertz CT molecular complexity index is 597. The first-order valence-corrected chi connectivity index (χ1v) is 8.06. The summed E-state index contributed by atoms with van der Waals surface area (Å²) in [5.41, 5.74) is 0.891. The fourth-order valence-corrected chi connectivity index (χ4v) is 2.85. The zero-order valence-corrected chi connectivity index (χ0v) is 14.6. The molecule has 0 bridgehead atoms. The van der Waals surface area contributed by atoms with Gasteiger partial charge in [0.15, 0.2) is 0 Å². The Hall–Kier alpha value is -1.99. The Labute approximate surface area is 146 Å². The lowest BCUT2D eigenvalue weighted by atomic mass is 10.1. The van der Waals surface area contributed by atoms with Crippen LogP contribution in [-0.4, -0.2) is 56.8 Å². The summed E-state index contributed by atoms with van der Waals surface area (Å²) < 4.78 is 9.81. The third kappa shape index (κ3) is 5.01. The van der Waals surface area contributed by atoms with E-state index in [2.05, 4.69) is 10.6 Å². The van der Waals surface area contributed by atoms with Crippen molar-refractivity contribution in [3.05, 3.63) is 28.8 Å². The van der Waals surface area contributed by atoms with Crippen LogP contribution < -0.4 is 15.4 Å². The van der Waals surface area contributed by atoms with E-state index in [1.165, 1.54) is 7.11 Å². The van der Waals surface area contributed by atoms with Crippen molar-refractivity contribution in [1.29, 1.82) is 0 Å². The highest BCUT2D eigenvalue weighted by atomic mass is 35.5. The molecule has 24 heavy (non-hydrogen) atoms. The number of piperazine rings is 1. The van der Waals surface area contributed by atoms with E-state index in [1.807, 2.05) is 6.07 Å². The zero-order valence-electron chi connectivity index (χ0n) is 13.8. The first-order valence-electron chi connectivity index (χ1n) is 7.69. The average molecular weight is 356 g/mol. The molecule has 0 aromatic heterocycles. The highest BCUT2D eigenvalue weighted by Gasteiger charge is 2.25. The first-order chi connectivity index (χ1) is 11.5. The molecule has 2 amide bonds. The van der Waals surface area contributed by atoms with Gasteiger partial charge in [0.05, 0.1) is 19.2 Å². The predicted octanol–water partition coefficient (Wildman–Crippen LogP) is 1.40. The van der Waals surface area contributed by atoms with Crippen molar-refractivity contribution >= 4 is 23.6 Å². The second-order valence-electron chi connectivity index (χ2n) is 5.52. The van der Waals surface area contributed by atoms with Gasteiger partial charge in [0.1, 0.15) is 5.75 Å². The van der Waals surface area contributed by atoms with Gasteiger partial charge >= 0.3 is 6.09 Å². The lowest BCUT2D eigenvalue weighted by Gasteiger charge is -2.32. The van der Waals surface area contributed by atoms with Crippen LogP contribution in [0.1, 0.15) is 12.0 Å². The number of nitrogens with zero attached hydrogens (tertiary/aromatic N) is 1. The number of nitrogens with one attached hydrogen (secondary N) is 2. The molecule has 1 saturated heterocycles. The second kappa shape index (κ2) is 8.75. The summed E-state index contributed by atoms with van der Waals surface area (Å²) in [5, 5.41) is 6.60. The first kappa shape index (κ1) is 18.4. The van der Waals surface area contributed by atoms with E-state index >= 15 is 0 Å². The minimum atomic E-state index is -0.366. The Morgan fingerprint density at radius 2 is 2.21 bits per heavy atom. The van der Waals surface area contributed by atoms with E-state index in [0.29, 0.717) is 37.0 Å². The zero-order chi connectivity index (χ0) is 17.5. The maximum atomic E-state index is 12.1. The SMILES string of the molecule is COC(=O)N1CCNC(CC(=O)NCc2ccc(OC)c(Cl)c2)C1. The highest BCUT2D eigenvalue weighted by molar-refractivity contribution is 6.32. The molecule has 2 N–H and O–H groups in total. The van der Waals surface area contributed by atoms with Gasteiger partial charge in [-0.25, -0.2) is 4.79 Å². The fourth-order valence-electron chi connectivity index (χ4n) is 2.57. The van der Waals surface area contributed by atoms with Gasteiger partial charge in [0.2, 0.25) is 5.91 Å². The van der Waals surface area contributed by atoms with E-state index in [9.17, 15) is 9.59 Å². The number of methoxy groups -OCH3 is 2. The number of benzene rings is 1. The monoisotopic (exact) mass is 355 g/mol. The minimum Gasteiger partial charge on any atom is -0.495 e. The molecule has 0 saturated carbocycles. The number of carbonyl (C=O) groups is 2. The molecule has 1 aliphatic heterocycles. The third-order valence-corrected chi connectivity index (χ3v) is 4.12. The molecule has 0 aliphatic carbocycles. The number of hydrogen-bond acceptors (Lipinski definition) is 5. The molecule has 1 atom stereocenters. The maximum absolute atomic E-state index is 12.1. The number of ether oxygens (including phenoxy) is 2. The van der Waals surface area contributed by atoms with Gasteiger partial charge in [-0.1, -0.05) is 17.7 Å². The number of halogens is 1. The van der Waals surface area contributed by atoms with Crippen LogP contribution in [0.4, 0.5) is 4.79 Å². The van der Waals surface area contributed by atoms with Gasteiger partial charge in [-0.15, -0.1) is 0 Å². The summed E-state index contributed by atoms with van der Waals surface area (Å²) in [4.78, 5) is 25.2. The summed E-state index contributed by atoms with van der Waals surface area (Å²) >= 11 is 6.06. The van der Waals surface area contributed by atoms with Crippen molar-refractivity contribution < 1.29 is 19.1 Å². The van der Waals surface area contributed by atoms with Crippen molar-refractivity contribution in [2.45, 2.75) is 19.0 Å². The largest absolute Gasteiger partial charge is 0.495 e. The van der Waals surface area contributed by atoms with Crippen LogP contribution >= 0.6 is 11.6 Å². The van der Waals surface area contributed by atoms with Gasteiger partial charge in [0, 0.05) is 38.6 Å². The lowest BCUT2D eigenvalue weighted by Crippen LogP contribution is -2.53. The van der Waals surface area contributed by atoms with Gasteiger partial charge in [-0.2, -0.15) is 0 Å². The lowest BCUT2D eigenvalue weighted by molar-refractivity contribution is -0.122. The predicted molar refractivity (Wildman–Crippen MR) is 90.2 cm³/mol. The molecule has 1 aliphatic rings. The highest BCUT2D eigenvalue weighted by Crippen LogP contribution is 2.24. The number of hydrogen-bond donors (Lipinski definition) is 2. The van der Waals surface area contributed by atoms with Gasteiger partial charge in [-0.3, -0.25) is 4.79 Å². The van der Waals surface area contributed by atoms with Crippen LogP contribution in [0.25, 0.3) is 0 Å². The molecular formula is C16H22ClN3O4. The Balaban J connectivity index is 1.80. The Morgan fingerprint density at radius 3 is 2.88 bits per heavy atom. The topological polar surface area (TPSA) is 79.9 Å². The maximum Gasteiger partial charge on any atom is 0.409 e. The van der Waals surface area contributed by atoms with Crippen LogP contribution in [0, 0.1) is 0 Å². The number of rotatable bonds is 5. The Kier molecular flexibility index (Phi) is 6.69. The van der Waals surface area contributed by atoms with Gasteiger partial charge in [-0.05, 0) is 17.7 Å². The summed E-state index contributed by atoms with van der Waals surface area (Å²) in [7, 11) is 2.91. The second-order valence-corrected chi connectivity index (χ2v) is 5.92. The number of amides is 2. The van der Waals surface area contributed by atoms with Gasteiger partial charge < -0.3 is 25.0 Å². The van der Waals surface area contributed by atoms with Crippen LogP contribution in [0.15, 0.2) is 18.2 Å². The van der Waals surface area contributed by atoms with E-state index in [-0.39, 0.29) is 24.5 Å². The number of carbonyl (C=O) groups excluding carboxylic acids is 2. The molecule has 0 radical (unpaired) electrons. The summed E-state index contributed by atoms with van der Waals surface area (Å²) in [6, 6.07) is 5.29. The van der Waals surface area contributed by atoms with Crippen molar-refractivity contribution in [3.8, 4) is 5.75 Å². The fraction of sp³-hybridized carbons (Fsp3) is 0.500. The molecule has 1 aromatic rings. The Morgan fingerprint density at radius 1 is 1.42 bits per heavy atom. The molecule has 2 rings (SSSR count). The van der Waals surface area contributed by atoms with E-state index in [4.69, 9.17) is 21.1 Å². The molecule has 8 heteroatoms. The average Bonchev–Trinajstić information content (AvgIpc) is 2.59. The molecular weight excluding hydrogens is 334 g/mol. The van der Waals surface area contributed by atoms with Crippen molar-refractivity contribution in [2.24, 2.45) is 0 Å². The standard InChI is InChI=1S/C16H22ClN3O4/c1-23-14-4-3-11(7-13(14)17)9-19-15(21)8-12-10-20(6-5-18-12)16(22)24-2/h3-4,7,12,18H,5-6,8-10H2,1-2H3,(H,19,21). The third-order valence-electron chi connectivity index (χ3n) is 3.83. The quantitative estimate of drug-likeness (QED) is 0.834. The van der Waals surface area contributed by atoms with Crippen LogP contribution in [-0.2, 0) is 16.1 Å². The van der Waals surface area contributed by atoms with Crippen molar-refractivity contribution in [2.75, 3.05) is 33.9 Å². The molecule has 1 fully saturated rings. The molecule has 1 unspecified atom stereocenters. The van der Waals surface area contributed by atoms with E-state index in [0.717, 1.165) is 5.56 Å². The summed E-state index contributed by atoms with van der Waals surface area (Å²) in [5.74, 6) is 0.507. The smallest absolute Gasteiger partial charge is 0.409 e. The van der Waals surface area contributed by atoms with Crippen molar-refractivity contribution in [3.63, 3.8) is 0 Å². The van der Waals surface area contributed by atoms with E-state index in [1.54, 1.807) is 24.1 Å².